The van der Waals surface area contributed by atoms with Gasteiger partial charge in [0, 0.05) is 31.9 Å². The van der Waals surface area contributed by atoms with Gasteiger partial charge in [-0.2, -0.15) is 4.98 Å². The maximum atomic E-state index is 12.7. The van der Waals surface area contributed by atoms with Gasteiger partial charge in [-0.3, -0.25) is 4.79 Å². The van der Waals surface area contributed by atoms with Gasteiger partial charge < -0.3 is 9.84 Å². The summed E-state index contributed by atoms with van der Waals surface area (Å²) in [5.74, 6) is 0.623. The molecule has 1 aromatic heterocycles. The molecule has 1 N–H and O–H groups in total. The molecule has 0 aliphatic heterocycles. The number of carbonyl (C=O) groups is 1. The molecule has 1 saturated carbocycles. The summed E-state index contributed by atoms with van der Waals surface area (Å²) in [6, 6.07) is 17.4. The maximum absolute atomic E-state index is 12.7. The molecule has 0 radical (unpaired) electrons. The average Bonchev–Trinajstić information content (AvgIpc) is 3.50. The van der Waals surface area contributed by atoms with Gasteiger partial charge in [-0.1, -0.05) is 64.2 Å². The van der Waals surface area contributed by atoms with Crippen LogP contribution in [-0.4, -0.2) is 24.5 Å². The monoisotopic (exact) mass is 589 g/mol. The number of thiol groups is 1. The zero-order valence-electron chi connectivity index (χ0n) is 20.1. The van der Waals surface area contributed by atoms with Crippen LogP contribution in [0.25, 0.3) is 11.5 Å². The molecule has 4 aromatic rings. The van der Waals surface area contributed by atoms with Crippen molar-refractivity contribution in [2.75, 3.05) is 5.32 Å². The quantitative estimate of drug-likeness (QED) is 0.223. The van der Waals surface area contributed by atoms with Crippen LogP contribution in [0.3, 0.4) is 0 Å². The largest absolute Gasteiger partial charge is 0.334 e. The zero-order valence-corrected chi connectivity index (χ0v) is 23.2. The molecule has 5 rings (SSSR count). The third-order valence-electron chi connectivity index (χ3n) is 6.64. The summed E-state index contributed by atoms with van der Waals surface area (Å²) >= 11 is 19.3. The van der Waals surface area contributed by atoms with Crippen LogP contribution in [0, 0.1) is 0 Å². The second kappa shape index (κ2) is 10.7. The lowest BCUT2D eigenvalue weighted by Gasteiger charge is -2.17. The summed E-state index contributed by atoms with van der Waals surface area (Å²) in [5, 5.41) is 7.87. The number of halogens is 3. The van der Waals surface area contributed by atoms with E-state index in [1.165, 1.54) is 0 Å². The van der Waals surface area contributed by atoms with Crippen molar-refractivity contribution in [3.8, 4) is 11.5 Å². The van der Waals surface area contributed by atoms with Crippen LogP contribution in [0.2, 0.25) is 15.1 Å². The number of nitrogens with zero attached hydrogens (tertiary/aromatic N) is 2. The smallest absolute Gasteiger partial charge is 0.257 e. The van der Waals surface area contributed by atoms with E-state index in [0.717, 1.165) is 24.0 Å². The number of benzene rings is 3. The van der Waals surface area contributed by atoms with E-state index in [4.69, 9.17) is 39.3 Å². The number of amides is 1. The molecular weight excluding hydrogens is 569 g/mol. The Morgan fingerprint density at radius 3 is 2.24 bits per heavy atom. The SMILES string of the molecule is CC(c1ccc(CC(=O)Nc2cc(Cl)c(C3(c4noc(-c5ccc(Cl)cc5)n4)CC3)c(Cl)c2)cc1)[SH](=O)=O. The van der Waals surface area contributed by atoms with E-state index >= 15 is 0 Å². The summed E-state index contributed by atoms with van der Waals surface area (Å²) in [7, 11) is -2.56. The van der Waals surface area contributed by atoms with Crippen LogP contribution in [0.15, 0.2) is 65.2 Å². The molecule has 38 heavy (non-hydrogen) atoms. The lowest BCUT2D eigenvalue weighted by Crippen LogP contribution is -2.16. The van der Waals surface area contributed by atoms with E-state index in [-0.39, 0.29) is 12.3 Å². The molecule has 1 aliphatic carbocycles. The normalized spacial score (nSPS) is 14.9. The van der Waals surface area contributed by atoms with Crippen molar-refractivity contribution in [3.63, 3.8) is 0 Å². The number of carbonyl (C=O) groups excluding carboxylic acids is 1. The standard InChI is InChI=1S/C27H22Cl3N3O4S/c1-15(38(35)36)17-4-2-16(3-5-17)12-23(34)31-20-13-21(29)24(22(30)14-20)27(10-11-27)26-32-25(37-33-26)18-6-8-19(28)9-7-18/h2-9,13-15,38H,10-12H2,1H3,(H,31,34). The highest BCUT2D eigenvalue weighted by molar-refractivity contribution is 7.72. The topological polar surface area (TPSA) is 102 Å². The molecule has 0 saturated heterocycles. The Morgan fingerprint density at radius 1 is 1.03 bits per heavy atom. The van der Waals surface area contributed by atoms with Crippen molar-refractivity contribution in [2.45, 2.75) is 36.9 Å². The minimum absolute atomic E-state index is 0.107. The first-order valence-electron chi connectivity index (χ1n) is 11.8. The number of hydrogen-bond donors (Lipinski definition) is 2. The molecule has 1 fully saturated rings. The van der Waals surface area contributed by atoms with Crippen molar-refractivity contribution in [3.05, 3.63) is 98.2 Å². The zero-order chi connectivity index (χ0) is 27.0. The Hall–Kier alpha value is -2.91. The third-order valence-corrected chi connectivity index (χ3v) is 8.42. The second-order valence-electron chi connectivity index (χ2n) is 9.25. The van der Waals surface area contributed by atoms with Crippen LogP contribution in [0.5, 0.6) is 0 Å². The fraction of sp³-hybridized carbons (Fsp3) is 0.222. The molecule has 7 nitrogen and oxygen atoms in total. The molecule has 1 atom stereocenters. The first-order valence-corrected chi connectivity index (χ1v) is 14.2. The van der Waals surface area contributed by atoms with E-state index in [1.54, 1.807) is 67.6 Å². The van der Waals surface area contributed by atoms with Crippen LogP contribution < -0.4 is 5.32 Å². The number of hydrogen-bond acceptors (Lipinski definition) is 6. The molecular formula is C27H22Cl3N3O4S. The van der Waals surface area contributed by atoms with Crippen LogP contribution in [0.1, 0.15) is 47.5 Å². The van der Waals surface area contributed by atoms with E-state index < -0.39 is 21.4 Å². The Balaban J connectivity index is 1.31. The van der Waals surface area contributed by atoms with Gasteiger partial charge in [0.25, 0.3) is 5.89 Å². The fourth-order valence-electron chi connectivity index (χ4n) is 4.37. The molecule has 0 bridgehead atoms. The third kappa shape index (κ3) is 5.45. The van der Waals surface area contributed by atoms with E-state index in [1.807, 2.05) is 0 Å². The summed E-state index contributed by atoms with van der Waals surface area (Å²) in [6.07, 6.45) is 1.62. The molecule has 1 aliphatic rings. The highest BCUT2D eigenvalue weighted by Gasteiger charge is 2.52. The number of aromatic nitrogens is 2. The lowest BCUT2D eigenvalue weighted by atomic mass is 9.94. The minimum atomic E-state index is -2.56. The first-order chi connectivity index (χ1) is 18.2. The summed E-state index contributed by atoms with van der Waals surface area (Å²) in [6.45, 7) is 1.62. The predicted molar refractivity (Wildman–Crippen MR) is 149 cm³/mol. The average molecular weight is 591 g/mol. The lowest BCUT2D eigenvalue weighted by molar-refractivity contribution is -0.115. The van der Waals surface area contributed by atoms with E-state index in [9.17, 15) is 13.2 Å². The Morgan fingerprint density at radius 2 is 1.66 bits per heavy atom. The van der Waals surface area contributed by atoms with E-state index in [0.29, 0.717) is 43.6 Å². The minimum Gasteiger partial charge on any atom is -0.334 e. The Labute approximate surface area is 236 Å². The maximum Gasteiger partial charge on any atom is 0.257 e. The number of anilines is 1. The van der Waals surface area contributed by atoms with Crippen molar-refractivity contribution in [2.24, 2.45) is 0 Å². The van der Waals surface area contributed by atoms with Gasteiger partial charge in [-0.25, -0.2) is 8.42 Å². The van der Waals surface area contributed by atoms with Gasteiger partial charge in [-0.15, -0.1) is 0 Å². The summed E-state index contributed by atoms with van der Waals surface area (Å²) < 4.78 is 27.9. The first kappa shape index (κ1) is 26.7. The van der Waals surface area contributed by atoms with E-state index in [2.05, 4.69) is 15.5 Å². The molecule has 196 valence electrons. The van der Waals surface area contributed by atoms with Crippen molar-refractivity contribution in [1.82, 2.24) is 10.1 Å². The van der Waals surface area contributed by atoms with Gasteiger partial charge in [-0.05, 0) is 67.3 Å². The fourth-order valence-corrected chi connectivity index (χ4v) is 5.76. The molecule has 1 unspecified atom stereocenters. The predicted octanol–water partition coefficient (Wildman–Crippen LogP) is 6.63. The molecule has 11 heteroatoms. The number of rotatable bonds is 8. The van der Waals surface area contributed by atoms with Gasteiger partial charge >= 0.3 is 0 Å². The highest BCUT2D eigenvalue weighted by Crippen LogP contribution is 2.57. The molecule has 3 aromatic carbocycles. The van der Waals surface area contributed by atoms with Gasteiger partial charge in [0.05, 0.1) is 17.1 Å². The van der Waals surface area contributed by atoms with Crippen LogP contribution in [-0.2, 0) is 27.3 Å². The highest BCUT2D eigenvalue weighted by atomic mass is 35.5. The van der Waals surface area contributed by atoms with Crippen molar-refractivity contribution >= 4 is 57.1 Å². The van der Waals surface area contributed by atoms with Crippen molar-refractivity contribution < 1.29 is 17.7 Å². The van der Waals surface area contributed by atoms with Gasteiger partial charge in [0.1, 0.15) is 10.7 Å². The summed E-state index contributed by atoms with van der Waals surface area (Å²) in [4.78, 5) is 17.3. The molecule has 1 amide bonds. The number of nitrogens with one attached hydrogen (secondary N) is 1. The Bertz CT molecular complexity index is 1550. The molecule has 1 heterocycles. The van der Waals surface area contributed by atoms with Crippen LogP contribution >= 0.6 is 34.8 Å². The summed E-state index contributed by atoms with van der Waals surface area (Å²) in [5.41, 5.74) is 2.79. The Kier molecular flexibility index (Phi) is 7.51. The van der Waals surface area contributed by atoms with Crippen molar-refractivity contribution in [1.29, 1.82) is 0 Å². The van der Waals surface area contributed by atoms with Gasteiger partial charge in [0.15, 0.2) is 5.82 Å². The second-order valence-corrected chi connectivity index (χ2v) is 11.9. The van der Waals surface area contributed by atoms with Gasteiger partial charge in [0.2, 0.25) is 5.91 Å². The molecule has 0 spiro atoms. The van der Waals surface area contributed by atoms with Crippen LogP contribution in [0.4, 0.5) is 5.69 Å².